The van der Waals surface area contributed by atoms with Crippen LogP contribution in [0.15, 0.2) is 36.1 Å². The van der Waals surface area contributed by atoms with Crippen LogP contribution in [-0.4, -0.2) is 36.1 Å². The van der Waals surface area contributed by atoms with Gasteiger partial charge in [-0.2, -0.15) is 0 Å². The van der Waals surface area contributed by atoms with Gasteiger partial charge in [0, 0.05) is 24.6 Å². The molecule has 0 aliphatic carbocycles. The van der Waals surface area contributed by atoms with Crippen LogP contribution in [0.4, 0.5) is 0 Å². The topological polar surface area (TPSA) is 49.4 Å². The average Bonchev–Trinajstić information content (AvgIpc) is 2.35. The number of nitrogens with zero attached hydrogens (tertiary/aromatic N) is 1. The number of carbonyl (C=O) groups excluding carboxylic acids is 2. The van der Waals surface area contributed by atoms with Crippen molar-refractivity contribution in [1.29, 1.82) is 0 Å². The van der Waals surface area contributed by atoms with Gasteiger partial charge in [0.05, 0.1) is 5.57 Å². The minimum atomic E-state index is -0.140. The van der Waals surface area contributed by atoms with Crippen LogP contribution < -0.4 is 5.32 Å². The minimum absolute atomic E-state index is 0.140. The molecule has 1 N–H and O–H groups in total. The second-order valence-electron chi connectivity index (χ2n) is 3.53. The van der Waals surface area contributed by atoms with Crippen molar-refractivity contribution < 1.29 is 9.59 Å². The molecule has 0 aromatic carbocycles. The predicted molar refractivity (Wildman–Crippen MR) is 77.3 cm³/mol. The summed E-state index contributed by atoms with van der Waals surface area (Å²) in [6.45, 7) is 6.00. The Hall–Kier alpha value is -1.36. The summed E-state index contributed by atoms with van der Waals surface area (Å²) in [6, 6.07) is 0. The molecule has 0 saturated carbocycles. The van der Waals surface area contributed by atoms with Gasteiger partial charge in [0.25, 0.3) is 5.91 Å². The van der Waals surface area contributed by atoms with Crippen molar-refractivity contribution in [3.05, 3.63) is 36.1 Å². The summed E-state index contributed by atoms with van der Waals surface area (Å²) in [5.41, 5.74) is 1.01. The van der Waals surface area contributed by atoms with E-state index in [9.17, 15) is 9.59 Å². The van der Waals surface area contributed by atoms with Gasteiger partial charge in [0.15, 0.2) is 0 Å². The highest BCUT2D eigenvalue weighted by Gasteiger charge is 2.17. The molecule has 5 heteroatoms. The molecule has 0 saturated heterocycles. The van der Waals surface area contributed by atoms with Gasteiger partial charge < -0.3 is 10.2 Å². The van der Waals surface area contributed by atoms with E-state index >= 15 is 0 Å². The molecule has 0 radical (unpaired) electrons. The molecule has 2 amide bonds. The summed E-state index contributed by atoms with van der Waals surface area (Å²) in [6.07, 6.45) is 6.48. The monoisotopic (exact) mass is 314 g/mol. The van der Waals surface area contributed by atoms with E-state index in [0.717, 1.165) is 0 Å². The van der Waals surface area contributed by atoms with Gasteiger partial charge in [0.2, 0.25) is 6.41 Å². The number of allylic oxidation sites excluding steroid dienone is 2. The molecule has 0 aromatic heterocycles. The maximum atomic E-state index is 12.2. The second kappa shape index (κ2) is 9.65. The van der Waals surface area contributed by atoms with Gasteiger partial charge in [-0.15, -0.1) is 6.58 Å². The molecule has 0 atom stereocenters. The van der Waals surface area contributed by atoms with Crippen molar-refractivity contribution >= 4 is 28.2 Å². The summed E-state index contributed by atoms with van der Waals surface area (Å²) >= 11 is 3.26. The zero-order chi connectivity index (χ0) is 14.0. The molecule has 0 unspecified atom stereocenters. The molecule has 0 heterocycles. The number of alkyl halides is 1. The summed E-state index contributed by atoms with van der Waals surface area (Å²) < 4.78 is 0. The largest absolute Gasteiger partial charge is 0.338 e. The van der Waals surface area contributed by atoms with Crippen LogP contribution in [0.25, 0.3) is 0 Å². The van der Waals surface area contributed by atoms with Crippen molar-refractivity contribution in [3.8, 4) is 0 Å². The fourth-order valence-corrected chi connectivity index (χ4v) is 1.71. The molecule has 0 bridgehead atoms. The van der Waals surface area contributed by atoms with E-state index in [-0.39, 0.29) is 5.91 Å². The quantitative estimate of drug-likeness (QED) is 0.245. The van der Waals surface area contributed by atoms with Gasteiger partial charge in [-0.25, -0.2) is 0 Å². The molecule has 100 valence electrons. The Kier molecular flexibility index (Phi) is 8.92. The molecule has 0 spiro atoms. The van der Waals surface area contributed by atoms with Gasteiger partial charge in [-0.3, -0.25) is 9.59 Å². The maximum absolute atomic E-state index is 12.2. The Balaban J connectivity index is 5.22. The molecular formula is C13H19BrN2O2. The number of hydrogen-bond acceptors (Lipinski definition) is 2. The Morgan fingerprint density at radius 3 is 2.56 bits per heavy atom. The van der Waals surface area contributed by atoms with E-state index in [1.54, 1.807) is 30.2 Å². The van der Waals surface area contributed by atoms with Crippen LogP contribution >= 0.6 is 15.9 Å². The van der Waals surface area contributed by atoms with Crippen molar-refractivity contribution in [3.63, 3.8) is 0 Å². The first-order valence-corrected chi connectivity index (χ1v) is 6.77. The Morgan fingerprint density at radius 2 is 2.11 bits per heavy atom. The van der Waals surface area contributed by atoms with Gasteiger partial charge in [0.1, 0.15) is 0 Å². The maximum Gasteiger partial charge on any atom is 0.255 e. The third kappa shape index (κ3) is 5.31. The molecule has 0 aliphatic heterocycles. The number of rotatable bonds is 8. The summed E-state index contributed by atoms with van der Waals surface area (Å²) in [5, 5.41) is 3.11. The third-order valence-electron chi connectivity index (χ3n) is 2.17. The number of hydrogen-bond donors (Lipinski definition) is 1. The summed E-state index contributed by atoms with van der Waals surface area (Å²) in [7, 11) is 1.69. The number of amides is 2. The normalized spacial score (nSPS) is 11.9. The zero-order valence-corrected chi connectivity index (χ0v) is 12.4. The van der Waals surface area contributed by atoms with Crippen molar-refractivity contribution in [1.82, 2.24) is 10.2 Å². The third-order valence-corrected chi connectivity index (χ3v) is 2.50. The van der Waals surface area contributed by atoms with Crippen LogP contribution in [0.3, 0.4) is 0 Å². The fraction of sp³-hybridized carbons (Fsp3) is 0.385. The van der Waals surface area contributed by atoms with E-state index in [0.29, 0.717) is 36.0 Å². The number of carbonyl (C=O) groups is 2. The van der Waals surface area contributed by atoms with E-state index in [1.807, 2.05) is 6.92 Å². The first-order valence-electron chi connectivity index (χ1n) is 5.65. The van der Waals surface area contributed by atoms with E-state index in [1.165, 1.54) is 0 Å². The molecular weight excluding hydrogens is 296 g/mol. The highest BCUT2D eigenvalue weighted by molar-refractivity contribution is 9.09. The molecule has 0 rings (SSSR count). The lowest BCUT2D eigenvalue weighted by molar-refractivity contribution is -0.125. The predicted octanol–water partition coefficient (Wildman–Crippen LogP) is 1.99. The average molecular weight is 315 g/mol. The molecule has 0 fully saturated rings. The van der Waals surface area contributed by atoms with Crippen LogP contribution in [-0.2, 0) is 9.59 Å². The number of likely N-dealkylation sites (N-methyl/N-ethyl adjacent to an activating group) is 1. The fourth-order valence-electron chi connectivity index (χ4n) is 1.39. The van der Waals surface area contributed by atoms with Crippen molar-refractivity contribution in [2.75, 3.05) is 18.9 Å². The highest BCUT2D eigenvalue weighted by atomic mass is 79.9. The Morgan fingerprint density at radius 1 is 1.44 bits per heavy atom. The van der Waals surface area contributed by atoms with Gasteiger partial charge >= 0.3 is 0 Å². The summed E-state index contributed by atoms with van der Waals surface area (Å²) in [5.74, 6) is -0.140. The lowest BCUT2D eigenvalue weighted by Crippen LogP contribution is -2.31. The zero-order valence-electron chi connectivity index (χ0n) is 10.8. The lowest BCUT2D eigenvalue weighted by Gasteiger charge is -2.18. The Bertz CT molecular complexity index is 362. The van der Waals surface area contributed by atoms with Crippen LogP contribution in [0.2, 0.25) is 0 Å². The molecule has 0 aromatic rings. The van der Waals surface area contributed by atoms with E-state index in [4.69, 9.17) is 0 Å². The second-order valence-corrected chi connectivity index (χ2v) is 4.18. The standard InChI is InChI=1S/C13H19BrN2O2/c1-4-6-11(12(7-8-14)15-10-17)13(18)16(3)9-5-2/h5-7,10H,2,4,8-9H2,1,3H3,(H,15,17)/b11-6+,12-7+. The Labute approximate surface area is 117 Å². The van der Waals surface area contributed by atoms with Crippen molar-refractivity contribution in [2.45, 2.75) is 13.3 Å². The van der Waals surface area contributed by atoms with Crippen LogP contribution in [0.5, 0.6) is 0 Å². The smallest absolute Gasteiger partial charge is 0.255 e. The molecule has 0 aliphatic rings. The first-order chi connectivity index (χ1) is 8.62. The minimum Gasteiger partial charge on any atom is -0.338 e. The van der Waals surface area contributed by atoms with E-state index < -0.39 is 0 Å². The SMILES string of the molecule is C=CCN(C)C(=O)C(=C/CC)/C(=C\CBr)NC=O. The lowest BCUT2D eigenvalue weighted by atomic mass is 10.1. The molecule has 18 heavy (non-hydrogen) atoms. The summed E-state index contributed by atoms with van der Waals surface area (Å²) in [4.78, 5) is 24.3. The van der Waals surface area contributed by atoms with Gasteiger partial charge in [-0.05, 0) is 12.5 Å². The van der Waals surface area contributed by atoms with Crippen LogP contribution in [0.1, 0.15) is 13.3 Å². The van der Waals surface area contributed by atoms with E-state index in [2.05, 4.69) is 27.8 Å². The van der Waals surface area contributed by atoms with Gasteiger partial charge in [-0.1, -0.05) is 35.0 Å². The van der Waals surface area contributed by atoms with Crippen LogP contribution in [0, 0.1) is 0 Å². The number of halogens is 1. The highest BCUT2D eigenvalue weighted by Crippen LogP contribution is 2.12. The molecule has 4 nitrogen and oxygen atoms in total. The first kappa shape index (κ1) is 16.6. The number of nitrogens with one attached hydrogen (secondary N) is 1. The van der Waals surface area contributed by atoms with Crippen molar-refractivity contribution in [2.24, 2.45) is 0 Å².